The fourth-order valence-electron chi connectivity index (χ4n) is 2.48. The van der Waals surface area contributed by atoms with Crippen LogP contribution < -0.4 is 5.32 Å². The molecule has 0 aliphatic heterocycles. The van der Waals surface area contributed by atoms with E-state index in [9.17, 15) is 4.79 Å². The largest absolute Gasteiger partial charge is 0.343 e. The molecule has 0 fully saturated rings. The molecule has 3 heterocycles. The summed E-state index contributed by atoms with van der Waals surface area (Å²) in [5.41, 5.74) is 0.776. The van der Waals surface area contributed by atoms with Gasteiger partial charge in [0.1, 0.15) is 0 Å². The number of hydrogen-bond donors (Lipinski definition) is 1. The van der Waals surface area contributed by atoms with Crippen LogP contribution in [-0.2, 0) is 4.79 Å². The molecule has 1 unspecified atom stereocenters. The molecule has 1 N–H and O–H groups in total. The maximum atomic E-state index is 12.3. The highest BCUT2D eigenvalue weighted by Crippen LogP contribution is 2.18. The van der Waals surface area contributed by atoms with Gasteiger partial charge in [-0.1, -0.05) is 19.4 Å². The Morgan fingerprint density at radius 2 is 2.29 bits per heavy atom. The van der Waals surface area contributed by atoms with Gasteiger partial charge in [-0.3, -0.25) is 9.20 Å². The molecule has 0 aromatic carbocycles. The van der Waals surface area contributed by atoms with Crippen LogP contribution in [0.4, 0.5) is 0 Å². The Bertz CT molecular complexity index is 867. The first-order valence-corrected chi connectivity index (χ1v) is 8.69. The number of aryl methyl sites for hydroxylation is 1. The number of hydrogen-bond acceptors (Lipinski definition) is 5. The lowest BCUT2D eigenvalue weighted by molar-refractivity contribution is -0.117. The molecule has 6 nitrogen and oxygen atoms in total. The highest BCUT2D eigenvalue weighted by molar-refractivity contribution is 7.12. The molecule has 3 rings (SSSR count). The second kappa shape index (κ2) is 7.35. The van der Waals surface area contributed by atoms with Crippen LogP contribution in [0.15, 0.2) is 36.7 Å². The topological polar surface area (TPSA) is 72.2 Å². The van der Waals surface area contributed by atoms with Crippen LogP contribution in [0.3, 0.4) is 0 Å². The van der Waals surface area contributed by atoms with Crippen molar-refractivity contribution in [3.8, 4) is 0 Å². The molecule has 124 valence electrons. The van der Waals surface area contributed by atoms with E-state index in [0.717, 1.165) is 34.2 Å². The molecule has 1 atom stereocenters. The molecular formula is C17H19N5OS. The van der Waals surface area contributed by atoms with Gasteiger partial charge in [0, 0.05) is 23.3 Å². The minimum Gasteiger partial charge on any atom is -0.343 e. The number of fused-ring (bicyclic) bond motifs is 1. The van der Waals surface area contributed by atoms with Crippen molar-refractivity contribution in [3.63, 3.8) is 0 Å². The van der Waals surface area contributed by atoms with Crippen molar-refractivity contribution in [2.75, 3.05) is 0 Å². The Morgan fingerprint density at radius 3 is 3.04 bits per heavy atom. The van der Waals surface area contributed by atoms with Crippen molar-refractivity contribution in [1.82, 2.24) is 24.9 Å². The van der Waals surface area contributed by atoms with Crippen molar-refractivity contribution in [2.24, 2.45) is 0 Å². The van der Waals surface area contributed by atoms with Crippen LogP contribution in [0.25, 0.3) is 11.7 Å². The van der Waals surface area contributed by atoms with Gasteiger partial charge in [0.15, 0.2) is 11.5 Å². The number of nitrogens with zero attached hydrogens (tertiary/aromatic N) is 4. The minimum absolute atomic E-state index is 0.146. The van der Waals surface area contributed by atoms with Gasteiger partial charge in [0.05, 0.1) is 11.0 Å². The summed E-state index contributed by atoms with van der Waals surface area (Å²) in [5, 5.41) is 12.4. The van der Waals surface area contributed by atoms with Gasteiger partial charge in [-0.2, -0.15) is 0 Å². The lowest BCUT2D eigenvalue weighted by atomic mass is 10.1. The Balaban J connectivity index is 1.76. The zero-order chi connectivity index (χ0) is 16.9. The predicted molar refractivity (Wildman–Crippen MR) is 94.7 cm³/mol. The fraction of sp³-hybridized carbons (Fsp3) is 0.294. The molecule has 24 heavy (non-hydrogen) atoms. The Hall–Kier alpha value is -2.54. The number of amides is 1. The van der Waals surface area contributed by atoms with Crippen molar-refractivity contribution in [1.29, 1.82) is 0 Å². The number of pyridine rings is 1. The summed E-state index contributed by atoms with van der Waals surface area (Å²) in [5.74, 6) is 0.606. The second-order valence-corrected chi connectivity index (χ2v) is 6.72. The molecular weight excluding hydrogens is 322 g/mol. The number of carbonyl (C=O) groups excluding carboxylic acids is 1. The van der Waals surface area contributed by atoms with Gasteiger partial charge in [-0.05, 0) is 31.6 Å². The molecule has 1 amide bonds. The molecule has 0 saturated carbocycles. The summed E-state index contributed by atoms with van der Waals surface area (Å²) in [6, 6.07) is 5.57. The molecule has 0 radical (unpaired) electrons. The quantitative estimate of drug-likeness (QED) is 0.699. The van der Waals surface area contributed by atoms with E-state index in [-0.39, 0.29) is 11.9 Å². The third kappa shape index (κ3) is 3.68. The van der Waals surface area contributed by atoms with Crippen LogP contribution in [0.5, 0.6) is 0 Å². The Morgan fingerprint density at radius 1 is 1.42 bits per heavy atom. The number of rotatable bonds is 6. The van der Waals surface area contributed by atoms with Crippen LogP contribution >= 0.6 is 11.3 Å². The summed E-state index contributed by atoms with van der Waals surface area (Å²) < 4.78 is 1.91. The SMILES string of the molecule is CCCC(NC(=O)/C=C/c1cnc(C)s1)c1nnc2ccccn12. The van der Waals surface area contributed by atoms with Crippen molar-refractivity contribution in [2.45, 2.75) is 32.7 Å². The van der Waals surface area contributed by atoms with E-state index in [1.165, 1.54) is 0 Å². The van der Waals surface area contributed by atoms with E-state index in [0.29, 0.717) is 0 Å². The number of nitrogens with one attached hydrogen (secondary N) is 1. The predicted octanol–water partition coefficient (Wildman–Crippen LogP) is 3.17. The standard InChI is InChI=1S/C17H19N5OS/c1-3-6-14(17-21-20-15-7-4-5-10-22(15)17)19-16(23)9-8-13-11-18-12(2)24-13/h4-5,7-11,14H,3,6H2,1-2H3,(H,19,23)/b9-8+. The monoisotopic (exact) mass is 341 g/mol. The average molecular weight is 341 g/mol. The molecule has 0 aliphatic rings. The third-order valence-electron chi connectivity index (χ3n) is 3.58. The van der Waals surface area contributed by atoms with Gasteiger partial charge in [-0.25, -0.2) is 4.98 Å². The van der Waals surface area contributed by atoms with E-state index in [4.69, 9.17) is 0 Å². The molecule has 0 aliphatic carbocycles. The maximum Gasteiger partial charge on any atom is 0.244 e. The van der Waals surface area contributed by atoms with Gasteiger partial charge in [-0.15, -0.1) is 21.5 Å². The highest BCUT2D eigenvalue weighted by Gasteiger charge is 2.18. The smallest absolute Gasteiger partial charge is 0.244 e. The van der Waals surface area contributed by atoms with Crippen molar-refractivity contribution in [3.05, 3.63) is 52.4 Å². The van der Waals surface area contributed by atoms with Crippen LogP contribution in [0, 0.1) is 6.92 Å². The zero-order valence-electron chi connectivity index (χ0n) is 13.6. The summed E-state index contributed by atoms with van der Waals surface area (Å²) >= 11 is 1.55. The first-order valence-electron chi connectivity index (χ1n) is 7.88. The van der Waals surface area contributed by atoms with Crippen molar-refractivity contribution < 1.29 is 4.79 Å². The second-order valence-electron chi connectivity index (χ2n) is 5.45. The van der Waals surface area contributed by atoms with Crippen LogP contribution in [-0.4, -0.2) is 25.5 Å². The molecule has 7 heteroatoms. The van der Waals surface area contributed by atoms with Gasteiger partial charge < -0.3 is 5.32 Å². The number of carbonyl (C=O) groups is 1. The first-order chi connectivity index (χ1) is 11.7. The van der Waals surface area contributed by atoms with E-state index in [2.05, 4.69) is 27.4 Å². The minimum atomic E-state index is -0.173. The van der Waals surface area contributed by atoms with E-state index < -0.39 is 0 Å². The van der Waals surface area contributed by atoms with E-state index >= 15 is 0 Å². The molecule has 3 aromatic heterocycles. The zero-order valence-corrected chi connectivity index (χ0v) is 14.5. The molecule has 0 saturated heterocycles. The number of aromatic nitrogens is 4. The van der Waals surface area contributed by atoms with Gasteiger partial charge in [0.2, 0.25) is 5.91 Å². The highest BCUT2D eigenvalue weighted by atomic mass is 32.1. The lowest BCUT2D eigenvalue weighted by Crippen LogP contribution is -2.28. The van der Waals surface area contributed by atoms with E-state index in [1.807, 2.05) is 35.7 Å². The van der Waals surface area contributed by atoms with Crippen LogP contribution in [0.2, 0.25) is 0 Å². The normalized spacial score (nSPS) is 12.8. The summed E-state index contributed by atoms with van der Waals surface area (Å²) in [7, 11) is 0. The summed E-state index contributed by atoms with van der Waals surface area (Å²) in [4.78, 5) is 17.4. The van der Waals surface area contributed by atoms with Crippen LogP contribution in [0.1, 0.15) is 41.5 Å². The van der Waals surface area contributed by atoms with Gasteiger partial charge >= 0.3 is 0 Å². The van der Waals surface area contributed by atoms with E-state index in [1.54, 1.807) is 29.7 Å². The fourth-order valence-corrected chi connectivity index (χ4v) is 3.17. The Labute approximate surface area is 144 Å². The molecule has 0 bridgehead atoms. The number of thiazole rings is 1. The van der Waals surface area contributed by atoms with Crippen molar-refractivity contribution >= 4 is 29.0 Å². The molecule has 3 aromatic rings. The van der Waals surface area contributed by atoms with Gasteiger partial charge in [0.25, 0.3) is 0 Å². The Kier molecular flexibility index (Phi) is 5.00. The maximum absolute atomic E-state index is 12.3. The first kappa shape index (κ1) is 16.3. The lowest BCUT2D eigenvalue weighted by Gasteiger charge is -2.15. The third-order valence-corrected chi connectivity index (χ3v) is 4.46. The summed E-state index contributed by atoms with van der Waals surface area (Å²) in [6.07, 6.45) is 8.73. The summed E-state index contributed by atoms with van der Waals surface area (Å²) in [6.45, 7) is 4.02. The average Bonchev–Trinajstić information content (AvgIpc) is 3.18. The molecule has 0 spiro atoms.